The lowest BCUT2D eigenvalue weighted by Crippen LogP contribution is -2.24. The summed E-state index contributed by atoms with van der Waals surface area (Å²) in [5, 5.41) is 14.1. The second-order valence-corrected chi connectivity index (χ2v) is 9.20. The van der Waals surface area contributed by atoms with Crippen LogP contribution in [0.1, 0.15) is 31.7 Å². The lowest BCUT2D eigenvalue weighted by molar-refractivity contribution is 0.188. The van der Waals surface area contributed by atoms with Crippen LogP contribution in [0.5, 0.6) is 11.8 Å². The van der Waals surface area contributed by atoms with Crippen LogP contribution in [0.2, 0.25) is 0 Å². The van der Waals surface area contributed by atoms with E-state index in [9.17, 15) is 9.50 Å². The fourth-order valence-corrected chi connectivity index (χ4v) is 4.92. The maximum Gasteiger partial charge on any atom is 0.326 e. The molecule has 1 aliphatic heterocycles. The number of aliphatic hydroxyl groups is 1. The first-order valence-corrected chi connectivity index (χ1v) is 11.3. The monoisotopic (exact) mass is 464 g/mol. The van der Waals surface area contributed by atoms with Crippen molar-refractivity contribution in [2.24, 2.45) is 11.1 Å². The Hall–Kier alpha value is -3.57. The molecular formula is C23H25FN8O2. The van der Waals surface area contributed by atoms with Crippen LogP contribution >= 0.6 is 0 Å². The third kappa shape index (κ3) is 3.31. The van der Waals surface area contributed by atoms with E-state index < -0.39 is 6.10 Å². The molecule has 4 aromatic rings. The Labute approximate surface area is 194 Å². The average molecular weight is 465 g/mol. The summed E-state index contributed by atoms with van der Waals surface area (Å²) >= 11 is 0. The number of H-pyrrole nitrogens is 1. The van der Waals surface area contributed by atoms with Crippen molar-refractivity contribution in [2.75, 3.05) is 30.4 Å². The van der Waals surface area contributed by atoms with Crippen LogP contribution in [-0.2, 0) is 0 Å². The number of nitrogens with one attached hydrogen (secondary N) is 2. The minimum atomic E-state index is -0.780. The molecule has 34 heavy (non-hydrogen) atoms. The number of halogens is 1. The Bertz CT molecular complexity index is 1410. The Balaban J connectivity index is 1.48. The Kier molecular flexibility index (Phi) is 4.61. The van der Waals surface area contributed by atoms with Crippen molar-refractivity contribution in [3.63, 3.8) is 0 Å². The van der Waals surface area contributed by atoms with Gasteiger partial charge in [0.15, 0.2) is 11.6 Å². The first-order chi connectivity index (χ1) is 16.4. The predicted molar refractivity (Wildman–Crippen MR) is 125 cm³/mol. The standard InChI is InChI=1S/C23H25FN8O2/c1-11(33)19-27-8-13(9-28-19)34-22-30-20-17(14-5-12(24)6-15(26-2)18(14)29-20)21(31-22)32-4-3-23(10-32)7-16(23)25/h5-6,8-9,11,16,26,33H,3-4,7,10,25H2,1-2H3,(H,29,30,31). The maximum atomic E-state index is 14.5. The van der Waals surface area contributed by atoms with Gasteiger partial charge in [-0.15, -0.1) is 0 Å². The Morgan fingerprint density at radius 2 is 2.09 bits per heavy atom. The second-order valence-electron chi connectivity index (χ2n) is 9.20. The molecule has 2 aliphatic rings. The van der Waals surface area contributed by atoms with Gasteiger partial charge in [0, 0.05) is 37.0 Å². The summed E-state index contributed by atoms with van der Waals surface area (Å²) in [6, 6.07) is 3.26. The van der Waals surface area contributed by atoms with Crippen LogP contribution in [-0.4, -0.2) is 56.2 Å². The van der Waals surface area contributed by atoms with E-state index in [1.54, 1.807) is 14.0 Å². The molecule has 3 aromatic heterocycles. The van der Waals surface area contributed by atoms with Crippen molar-refractivity contribution < 1.29 is 14.2 Å². The minimum Gasteiger partial charge on any atom is -0.421 e. The number of nitrogens with two attached hydrogens (primary N) is 1. The minimum absolute atomic E-state index is 0.120. The number of aromatic nitrogens is 5. The number of fused-ring (bicyclic) bond motifs is 3. The predicted octanol–water partition coefficient (Wildman–Crippen LogP) is 2.85. The number of hydrogen-bond donors (Lipinski definition) is 4. The van der Waals surface area contributed by atoms with E-state index in [-0.39, 0.29) is 23.3 Å². The van der Waals surface area contributed by atoms with Crippen molar-refractivity contribution in [1.82, 2.24) is 24.9 Å². The number of hydrogen-bond acceptors (Lipinski definition) is 9. The molecule has 1 saturated heterocycles. The molecule has 10 nitrogen and oxygen atoms in total. The molecule has 1 aliphatic carbocycles. The van der Waals surface area contributed by atoms with Gasteiger partial charge in [-0.2, -0.15) is 9.97 Å². The first kappa shape index (κ1) is 21.0. The number of aliphatic hydroxyl groups excluding tert-OH is 1. The summed E-state index contributed by atoms with van der Waals surface area (Å²) in [6.07, 6.45) is 4.15. The molecule has 0 bridgehead atoms. The highest BCUT2D eigenvalue weighted by Gasteiger charge is 2.56. The smallest absolute Gasteiger partial charge is 0.326 e. The quantitative estimate of drug-likeness (QED) is 0.351. The van der Waals surface area contributed by atoms with Gasteiger partial charge in [-0.25, -0.2) is 14.4 Å². The zero-order valence-electron chi connectivity index (χ0n) is 18.8. The molecule has 0 radical (unpaired) electrons. The second kappa shape index (κ2) is 7.47. The van der Waals surface area contributed by atoms with Gasteiger partial charge in [-0.1, -0.05) is 0 Å². The number of ether oxygens (including phenoxy) is 1. The third-order valence-electron chi connectivity index (χ3n) is 6.92. The maximum absolute atomic E-state index is 14.5. The highest BCUT2D eigenvalue weighted by atomic mass is 19.1. The van der Waals surface area contributed by atoms with Crippen molar-refractivity contribution in [2.45, 2.75) is 31.9 Å². The number of aromatic amines is 1. The molecule has 1 saturated carbocycles. The average Bonchev–Trinajstić information content (AvgIpc) is 3.12. The molecule has 4 heterocycles. The fourth-order valence-electron chi connectivity index (χ4n) is 4.92. The molecule has 0 amide bonds. The van der Waals surface area contributed by atoms with Gasteiger partial charge in [0.1, 0.15) is 23.4 Å². The summed E-state index contributed by atoms with van der Waals surface area (Å²) in [6.45, 7) is 3.17. The highest BCUT2D eigenvalue weighted by molar-refractivity contribution is 6.14. The largest absolute Gasteiger partial charge is 0.421 e. The summed E-state index contributed by atoms with van der Waals surface area (Å²) in [7, 11) is 1.75. The molecule has 176 valence electrons. The molecule has 11 heteroatoms. The normalized spacial score (nSPS) is 22.6. The van der Waals surface area contributed by atoms with Crippen LogP contribution in [0.25, 0.3) is 21.9 Å². The number of rotatable bonds is 5. The Morgan fingerprint density at radius 3 is 2.74 bits per heavy atom. The van der Waals surface area contributed by atoms with Gasteiger partial charge >= 0.3 is 6.01 Å². The van der Waals surface area contributed by atoms with Crippen molar-refractivity contribution in [3.8, 4) is 11.8 Å². The van der Waals surface area contributed by atoms with Crippen LogP contribution in [0.3, 0.4) is 0 Å². The van der Waals surface area contributed by atoms with E-state index in [4.69, 9.17) is 15.5 Å². The zero-order chi connectivity index (χ0) is 23.6. The van der Waals surface area contributed by atoms with Gasteiger partial charge in [0.05, 0.1) is 29.0 Å². The van der Waals surface area contributed by atoms with E-state index >= 15 is 0 Å². The molecule has 1 aromatic carbocycles. The lowest BCUT2D eigenvalue weighted by atomic mass is 10.1. The molecule has 3 unspecified atom stereocenters. The SMILES string of the molecule is CNc1cc(F)cc2c1[nH]c1nc(Oc3cnc(C(C)O)nc3)nc(N3CCC4(CC4N)C3)c12. The van der Waals surface area contributed by atoms with Crippen LogP contribution < -0.4 is 20.7 Å². The van der Waals surface area contributed by atoms with Crippen molar-refractivity contribution >= 4 is 33.4 Å². The molecule has 5 N–H and O–H groups in total. The topological polar surface area (TPSA) is 138 Å². The summed E-state index contributed by atoms with van der Waals surface area (Å²) < 4.78 is 20.4. The zero-order valence-corrected chi connectivity index (χ0v) is 18.8. The van der Waals surface area contributed by atoms with Gasteiger partial charge in [0.25, 0.3) is 0 Å². The number of benzene rings is 1. The highest BCUT2D eigenvalue weighted by Crippen LogP contribution is 2.53. The van der Waals surface area contributed by atoms with Gasteiger partial charge in [0.2, 0.25) is 0 Å². The van der Waals surface area contributed by atoms with Crippen molar-refractivity contribution in [1.29, 1.82) is 0 Å². The van der Waals surface area contributed by atoms with Crippen LogP contribution in [0.4, 0.5) is 15.9 Å². The van der Waals surface area contributed by atoms with Crippen LogP contribution in [0.15, 0.2) is 24.5 Å². The summed E-state index contributed by atoms with van der Waals surface area (Å²) in [5.41, 5.74) is 8.27. The first-order valence-electron chi connectivity index (χ1n) is 11.3. The van der Waals surface area contributed by atoms with Crippen LogP contribution in [0, 0.1) is 11.2 Å². The molecule has 6 rings (SSSR count). The van der Waals surface area contributed by atoms with E-state index in [1.165, 1.54) is 24.5 Å². The number of nitrogens with zero attached hydrogens (tertiary/aromatic N) is 5. The van der Waals surface area contributed by atoms with E-state index in [2.05, 4.69) is 30.2 Å². The van der Waals surface area contributed by atoms with E-state index in [0.29, 0.717) is 34.1 Å². The van der Waals surface area contributed by atoms with Gasteiger partial charge in [-0.3, -0.25) is 0 Å². The van der Waals surface area contributed by atoms with Gasteiger partial charge < -0.3 is 30.8 Å². The molecule has 1 spiro atoms. The fraction of sp³-hybridized carbons (Fsp3) is 0.391. The summed E-state index contributed by atoms with van der Waals surface area (Å²) in [5.74, 6) is 0.970. The molecular weight excluding hydrogens is 439 g/mol. The number of anilines is 2. The lowest BCUT2D eigenvalue weighted by Gasteiger charge is -2.19. The Morgan fingerprint density at radius 1 is 1.32 bits per heavy atom. The van der Waals surface area contributed by atoms with Gasteiger partial charge in [-0.05, 0) is 31.9 Å². The molecule has 2 fully saturated rings. The van der Waals surface area contributed by atoms with Crippen molar-refractivity contribution in [3.05, 3.63) is 36.2 Å². The molecule has 3 atom stereocenters. The van der Waals surface area contributed by atoms with E-state index in [0.717, 1.165) is 36.8 Å². The van der Waals surface area contributed by atoms with E-state index in [1.807, 2.05) is 0 Å². The summed E-state index contributed by atoms with van der Waals surface area (Å²) in [4.78, 5) is 23.0. The third-order valence-corrected chi connectivity index (χ3v) is 6.92.